The Morgan fingerprint density at radius 2 is 1.90 bits per heavy atom. The Morgan fingerprint density at radius 1 is 1.08 bits per heavy atom. The molecule has 1 atom stereocenters. The van der Waals surface area contributed by atoms with E-state index in [1.807, 2.05) is 47.4 Å². The molecule has 4 aromatic heterocycles. The zero-order valence-electron chi connectivity index (χ0n) is 27.7. The fourth-order valence-electron chi connectivity index (χ4n) is 6.50. The van der Waals surface area contributed by atoms with Crippen molar-refractivity contribution in [2.24, 2.45) is 0 Å². The number of carbonyl (C=O) groups excluding carboxylic acids is 1. The van der Waals surface area contributed by atoms with Gasteiger partial charge in [0.25, 0.3) is 0 Å². The second kappa shape index (κ2) is 13.7. The Bertz CT molecular complexity index is 2020. The zero-order chi connectivity index (χ0) is 34.2. The van der Waals surface area contributed by atoms with E-state index in [1.54, 1.807) is 4.90 Å². The van der Waals surface area contributed by atoms with Gasteiger partial charge in [-0.2, -0.15) is 5.10 Å². The maximum atomic E-state index is 16.1. The lowest BCUT2D eigenvalue weighted by Gasteiger charge is -2.33. The molecular weight excluding hydrogens is 649 g/mol. The number of thiophene rings is 1. The summed E-state index contributed by atoms with van der Waals surface area (Å²) in [5, 5.41) is 7.68. The number of amides is 1. The summed E-state index contributed by atoms with van der Waals surface area (Å²) in [5.41, 5.74) is 3.71. The standard InChI is InChI=1S/C36H37F2N7O3S/c1-5-31(46)44-21-25-18-28(41-45(25)20-22(44)2)35-33(32-27(38)16-24(37)17-29(32)48-14-13-47-4)36-26(8-15-49-36)34(40-35)23-6-7-30(39-19-23)43-11-9-42(3)10-12-43/h5-8,15-19,22H,1,9-14,20-21H2,2-4H3/t22-/m1/s1. The molecule has 0 unspecified atom stereocenters. The summed E-state index contributed by atoms with van der Waals surface area (Å²) >= 11 is 1.43. The number of fused-ring (bicyclic) bond motifs is 2. The molecule has 49 heavy (non-hydrogen) atoms. The van der Waals surface area contributed by atoms with Crippen LogP contribution in [0.1, 0.15) is 12.6 Å². The quantitative estimate of drug-likeness (QED) is 0.141. The van der Waals surface area contributed by atoms with Crippen LogP contribution >= 0.6 is 11.3 Å². The van der Waals surface area contributed by atoms with Crippen LogP contribution in [0, 0.1) is 11.6 Å². The molecular formula is C36H37F2N7O3S. The molecule has 6 heterocycles. The lowest BCUT2D eigenvalue weighted by Crippen LogP contribution is -2.44. The van der Waals surface area contributed by atoms with Gasteiger partial charge in [0.2, 0.25) is 5.91 Å². The first-order valence-corrected chi connectivity index (χ1v) is 17.1. The van der Waals surface area contributed by atoms with Crippen molar-refractivity contribution in [3.63, 3.8) is 0 Å². The molecule has 7 rings (SSSR count). The minimum Gasteiger partial charge on any atom is -0.490 e. The van der Waals surface area contributed by atoms with E-state index in [2.05, 4.69) is 23.4 Å². The van der Waals surface area contributed by atoms with E-state index >= 15 is 4.39 Å². The highest BCUT2D eigenvalue weighted by Crippen LogP contribution is 2.47. The Balaban J connectivity index is 1.41. The number of methoxy groups -OCH3 is 1. The fraction of sp³-hybridized carbons (Fsp3) is 0.333. The molecule has 1 fully saturated rings. The normalized spacial score (nSPS) is 16.6. The first-order chi connectivity index (χ1) is 23.7. The van der Waals surface area contributed by atoms with Gasteiger partial charge in [0.05, 0.1) is 36.6 Å². The van der Waals surface area contributed by atoms with Gasteiger partial charge in [0, 0.05) is 78.9 Å². The number of benzene rings is 1. The van der Waals surface area contributed by atoms with Crippen LogP contribution in [-0.2, 0) is 22.6 Å². The lowest BCUT2D eigenvalue weighted by atomic mass is 9.96. The number of ether oxygens (including phenoxy) is 2. The van der Waals surface area contributed by atoms with Gasteiger partial charge in [-0.1, -0.05) is 6.58 Å². The van der Waals surface area contributed by atoms with Gasteiger partial charge in [-0.15, -0.1) is 11.3 Å². The number of nitrogens with zero attached hydrogens (tertiary/aromatic N) is 7. The van der Waals surface area contributed by atoms with Gasteiger partial charge in [0.1, 0.15) is 41.2 Å². The molecule has 0 spiro atoms. The highest BCUT2D eigenvalue weighted by atomic mass is 32.1. The predicted molar refractivity (Wildman–Crippen MR) is 187 cm³/mol. The van der Waals surface area contributed by atoms with E-state index in [4.69, 9.17) is 24.5 Å². The first-order valence-electron chi connectivity index (χ1n) is 16.2. The first kappa shape index (κ1) is 32.8. The van der Waals surface area contributed by atoms with Gasteiger partial charge in [-0.25, -0.2) is 18.7 Å². The molecule has 1 aromatic carbocycles. The molecule has 10 nitrogen and oxygen atoms in total. The van der Waals surface area contributed by atoms with Crippen LogP contribution in [0.4, 0.5) is 14.6 Å². The molecule has 13 heteroatoms. The van der Waals surface area contributed by atoms with Crippen molar-refractivity contribution in [1.82, 2.24) is 29.5 Å². The van der Waals surface area contributed by atoms with Gasteiger partial charge in [0.15, 0.2) is 0 Å². The Morgan fingerprint density at radius 3 is 2.63 bits per heavy atom. The molecule has 254 valence electrons. The molecule has 0 saturated carbocycles. The highest BCUT2D eigenvalue weighted by Gasteiger charge is 2.30. The molecule has 1 amide bonds. The van der Waals surface area contributed by atoms with E-state index in [-0.39, 0.29) is 36.5 Å². The van der Waals surface area contributed by atoms with Crippen molar-refractivity contribution in [3.8, 4) is 39.5 Å². The van der Waals surface area contributed by atoms with Crippen molar-refractivity contribution >= 4 is 33.1 Å². The summed E-state index contributed by atoms with van der Waals surface area (Å²) in [4.78, 5) is 29.0. The van der Waals surface area contributed by atoms with E-state index < -0.39 is 11.6 Å². The average Bonchev–Trinajstić information content (AvgIpc) is 3.75. The maximum Gasteiger partial charge on any atom is 0.246 e. The zero-order valence-corrected chi connectivity index (χ0v) is 28.5. The number of likely N-dealkylation sites (N-methyl/N-ethyl adjacent to an activating group) is 1. The number of pyridine rings is 2. The molecule has 0 bridgehead atoms. The minimum absolute atomic E-state index is 0.0404. The van der Waals surface area contributed by atoms with E-state index in [0.29, 0.717) is 35.7 Å². The number of piperazine rings is 1. The summed E-state index contributed by atoms with van der Waals surface area (Å²) in [6.07, 6.45) is 3.14. The smallest absolute Gasteiger partial charge is 0.246 e. The van der Waals surface area contributed by atoms with Crippen molar-refractivity contribution in [1.29, 1.82) is 0 Å². The predicted octanol–water partition coefficient (Wildman–Crippen LogP) is 5.86. The largest absolute Gasteiger partial charge is 0.490 e. The van der Waals surface area contributed by atoms with Crippen molar-refractivity contribution in [3.05, 3.63) is 78.0 Å². The second-order valence-electron chi connectivity index (χ2n) is 12.4. The lowest BCUT2D eigenvalue weighted by molar-refractivity contribution is -0.129. The summed E-state index contributed by atoms with van der Waals surface area (Å²) in [6, 6.07) is 9.78. The van der Waals surface area contributed by atoms with Crippen molar-refractivity contribution in [2.45, 2.75) is 26.1 Å². The van der Waals surface area contributed by atoms with Gasteiger partial charge < -0.3 is 24.2 Å². The molecule has 0 aliphatic carbocycles. The Labute approximate surface area is 287 Å². The molecule has 0 N–H and O–H groups in total. The number of hydrogen-bond acceptors (Lipinski definition) is 9. The van der Waals surface area contributed by atoms with Crippen LogP contribution in [-0.4, -0.2) is 95.0 Å². The minimum atomic E-state index is -0.781. The Hall–Kier alpha value is -4.72. The molecule has 2 aliphatic rings. The van der Waals surface area contributed by atoms with Crippen LogP contribution in [0.25, 0.3) is 43.9 Å². The topological polar surface area (TPSA) is 88.9 Å². The molecule has 1 saturated heterocycles. The average molecular weight is 686 g/mol. The van der Waals surface area contributed by atoms with E-state index in [9.17, 15) is 9.18 Å². The summed E-state index contributed by atoms with van der Waals surface area (Å²) in [6.45, 7) is 10.5. The summed E-state index contributed by atoms with van der Waals surface area (Å²) in [7, 11) is 3.65. The summed E-state index contributed by atoms with van der Waals surface area (Å²) < 4.78 is 44.4. The number of hydrogen-bond donors (Lipinski definition) is 0. The number of aromatic nitrogens is 4. The highest BCUT2D eigenvalue weighted by molar-refractivity contribution is 7.18. The third-order valence-electron chi connectivity index (χ3n) is 9.14. The van der Waals surface area contributed by atoms with Crippen LogP contribution in [0.2, 0.25) is 0 Å². The van der Waals surface area contributed by atoms with Crippen molar-refractivity contribution < 1.29 is 23.0 Å². The molecule has 2 aliphatic heterocycles. The molecule has 0 radical (unpaired) electrons. The Kier molecular flexibility index (Phi) is 9.14. The van der Waals surface area contributed by atoms with Crippen LogP contribution in [0.5, 0.6) is 5.75 Å². The van der Waals surface area contributed by atoms with Crippen molar-refractivity contribution in [2.75, 3.05) is 58.5 Å². The fourth-order valence-corrected chi connectivity index (χ4v) is 7.45. The maximum absolute atomic E-state index is 16.1. The van der Waals surface area contributed by atoms with Crippen LogP contribution in [0.15, 0.2) is 60.6 Å². The summed E-state index contributed by atoms with van der Waals surface area (Å²) in [5.74, 6) is -0.764. The van der Waals surface area contributed by atoms with E-state index in [0.717, 1.165) is 59.4 Å². The third kappa shape index (κ3) is 6.29. The number of anilines is 1. The second-order valence-corrected chi connectivity index (χ2v) is 13.3. The number of carbonyl (C=O) groups is 1. The third-order valence-corrected chi connectivity index (χ3v) is 10.1. The van der Waals surface area contributed by atoms with Gasteiger partial charge in [-0.3, -0.25) is 9.48 Å². The number of halogens is 2. The molecule has 5 aromatic rings. The van der Waals surface area contributed by atoms with Gasteiger partial charge in [-0.05, 0) is 49.7 Å². The van der Waals surface area contributed by atoms with E-state index in [1.165, 1.54) is 30.6 Å². The number of rotatable bonds is 9. The van der Waals surface area contributed by atoms with Gasteiger partial charge >= 0.3 is 0 Å². The van der Waals surface area contributed by atoms with Crippen LogP contribution in [0.3, 0.4) is 0 Å². The monoisotopic (exact) mass is 685 g/mol. The SMILES string of the molecule is C=CC(=O)N1Cc2cc(-c3nc(-c4ccc(N5CCN(C)CC5)nc4)c4ccsc4c3-c3c(F)cc(F)cc3OCCOC)nn2C[C@H]1C. The van der Waals surface area contributed by atoms with Crippen LogP contribution < -0.4 is 9.64 Å².